The van der Waals surface area contributed by atoms with Crippen molar-refractivity contribution in [3.8, 4) is 0 Å². The maximum atomic E-state index is 12.3. The average molecular weight is 426 g/mol. The van der Waals surface area contributed by atoms with Gasteiger partial charge in [0, 0.05) is 12.1 Å². The minimum Gasteiger partial charge on any atom is -0.488 e. The van der Waals surface area contributed by atoms with Crippen molar-refractivity contribution in [1.82, 2.24) is 10.3 Å². The molecule has 0 radical (unpaired) electrons. The van der Waals surface area contributed by atoms with E-state index in [2.05, 4.69) is 20.4 Å². The number of nitrogens with two attached hydrogens (primary N) is 1. The van der Waals surface area contributed by atoms with E-state index >= 15 is 0 Å². The van der Waals surface area contributed by atoms with E-state index in [1.54, 1.807) is 19.1 Å². The number of amides is 2. The number of hydrogen-bond donors (Lipinski definition) is 3. The van der Waals surface area contributed by atoms with Gasteiger partial charge in [-0.3, -0.25) is 9.59 Å². The molecule has 0 aromatic carbocycles. The molecule has 4 N–H and O–H groups in total. The molecule has 2 amide bonds. The topological polar surface area (TPSA) is 106 Å². The second-order valence-electron chi connectivity index (χ2n) is 7.18. The van der Waals surface area contributed by atoms with Gasteiger partial charge in [-0.1, -0.05) is 0 Å². The Labute approximate surface area is 172 Å². The Hall–Kier alpha value is -3.04. The predicted octanol–water partition coefficient (Wildman–Crippen LogP) is 3.32. The van der Waals surface area contributed by atoms with Crippen molar-refractivity contribution in [3.05, 3.63) is 47.0 Å². The second-order valence-corrected chi connectivity index (χ2v) is 7.18. The van der Waals surface area contributed by atoms with E-state index in [0.717, 1.165) is 12.8 Å². The number of anilines is 1. The predicted molar refractivity (Wildman–Crippen MR) is 105 cm³/mol. The fourth-order valence-corrected chi connectivity index (χ4v) is 2.43. The molecular weight excluding hydrogens is 401 g/mol. The van der Waals surface area contributed by atoms with E-state index in [9.17, 15) is 22.8 Å². The molecule has 1 aliphatic rings. The number of hydrogen-bond acceptors (Lipinski definition) is 5. The molecular formula is C20H25F3N4O3. The van der Waals surface area contributed by atoms with Crippen LogP contribution in [0.1, 0.15) is 45.2 Å². The van der Waals surface area contributed by atoms with Crippen molar-refractivity contribution in [2.24, 2.45) is 11.7 Å². The molecule has 1 saturated carbocycles. The van der Waals surface area contributed by atoms with Crippen LogP contribution in [0, 0.1) is 5.92 Å². The zero-order chi connectivity index (χ0) is 22.5. The average Bonchev–Trinajstić information content (AvgIpc) is 3.50. The highest BCUT2D eigenvalue weighted by Gasteiger charge is 2.30. The van der Waals surface area contributed by atoms with Gasteiger partial charge in [0.1, 0.15) is 5.82 Å². The van der Waals surface area contributed by atoms with Gasteiger partial charge < -0.3 is 21.1 Å². The number of halogens is 3. The monoisotopic (exact) mass is 426 g/mol. The summed E-state index contributed by atoms with van der Waals surface area (Å²) in [5, 5.41) is 5.43. The lowest BCUT2D eigenvalue weighted by atomic mass is 10.1. The molecule has 0 aliphatic heterocycles. The quantitative estimate of drug-likeness (QED) is 0.336. The fourth-order valence-electron chi connectivity index (χ4n) is 2.43. The van der Waals surface area contributed by atoms with Crippen LogP contribution < -0.4 is 16.4 Å². The van der Waals surface area contributed by atoms with Gasteiger partial charge in [-0.05, 0) is 63.0 Å². The summed E-state index contributed by atoms with van der Waals surface area (Å²) < 4.78 is 41.4. The summed E-state index contributed by atoms with van der Waals surface area (Å²) in [7, 11) is 0. The first-order chi connectivity index (χ1) is 14.0. The first-order valence-corrected chi connectivity index (χ1v) is 9.38. The number of ether oxygens (including phenoxy) is 1. The highest BCUT2D eigenvalue weighted by molar-refractivity contribution is 5.94. The smallest absolute Gasteiger partial charge is 0.422 e. The molecule has 1 aromatic heterocycles. The lowest BCUT2D eigenvalue weighted by Gasteiger charge is -2.16. The lowest BCUT2D eigenvalue weighted by molar-refractivity contribution is -0.164. The van der Waals surface area contributed by atoms with E-state index in [1.807, 2.05) is 0 Å². The fraction of sp³-hybridized carbons (Fsp3) is 0.450. The molecule has 164 valence electrons. The standard InChI is InChI=1S/C20H25F3N4O3/c1-11(13(3)30-10-20(21,22)23)8-16(24)19(29)26-12(2)15-6-7-25-17(9-15)27-18(28)14-4-5-14/h6-9,12,14H,4-5,10,24H2,1-3H3,(H,26,29)(H,25,27,28)/b13-11+,16-8-. The lowest BCUT2D eigenvalue weighted by Crippen LogP contribution is -2.31. The number of rotatable bonds is 8. The SMILES string of the molecule is CC(/C=C(\N)C(=O)NC(C)c1ccnc(NC(=O)C2CC2)c1)=C(/C)OCC(F)(F)F. The zero-order valence-electron chi connectivity index (χ0n) is 17.0. The first kappa shape index (κ1) is 23.2. The van der Waals surface area contributed by atoms with Crippen molar-refractivity contribution >= 4 is 17.6 Å². The second kappa shape index (κ2) is 9.64. The Morgan fingerprint density at radius 2 is 2.03 bits per heavy atom. The van der Waals surface area contributed by atoms with Crippen LogP contribution in [-0.2, 0) is 14.3 Å². The summed E-state index contributed by atoms with van der Waals surface area (Å²) >= 11 is 0. The molecule has 0 spiro atoms. The molecule has 10 heteroatoms. The van der Waals surface area contributed by atoms with Gasteiger partial charge in [-0.25, -0.2) is 4.98 Å². The minimum absolute atomic E-state index is 0.0151. The van der Waals surface area contributed by atoms with Crippen molar-refractivity contribution in [1.29, 1.82) is 0 Å². The molecule has 1 aromatic rings. The molecule has 30 heavy (non-hydrogen) atoms. The van der Waals surface area contributed by atoms with Gasteiger partial charge >= 0.3 is 6.18 Å². The Balaban J connectivity index is 1.98. The third-order valence-electron chi connectivity index (χ3n) is 4.47. The van der Waals surface area contributed by atoms with Crippen molar-refractivity contribution in [2.75, 3.05) is 11.9 Å². The number of nitrogens with zero attached hydrogens (tertiary/aromatic N) is 1. The molecule has 1 fully saturated rings. The third-order valence-corrected chi connectivity index (χ3v) is 4.47. The summed E-state index contributed by atoms with van der Waals surface area (Å²) in [6.45, 7) is 3.16. The van der Waals surface area contributed by atoms with Gasteiger partial charge in [0.25, 0.3) is 5.91 Å². The Morgan fingerprint density at radius 3 is 2.63 bits per heavy atom. The largest absolute Gasteiger partial charge is 0.488 e. The molecule has 0 saturated heterocycles. The van der Waals surface area contributed by atoms with Crippen molar-refractivity contribution in [3.63, 3.8) is 0 Å². The highest BCUT2D eigenvalue weighted by Crippen LogP contribution is 2.30. The Morgan fingerprint density at radius 1 is 1.37 bits per heavy atom. The minimum atomic E-state index is -4.45. The van der Waals surface area contributed by atoms with Crippen molar-refractivity contribution in [2.45, 2.75) is 45.8 Å². The molecule has 1 unspecified atom stereocenters. The first-order valence-electron chi connectivity index (χ1n) is 9.38. The summed E-state index contributed by atoms with van der Waals surface area (Å²) in [5.74, 6) is -0.219. The maximum Gasteiger partial charge on any atom is 0.422 e. The molecule has 1 atom stereocenters. The van der Waals surface area contributed by atoms with E-state index in [0.29, 0.717) is 17.0 Å². The molecule has 1 heterocycles. The molecule has 7 nitrogen and oxygen atoms in total. The molecule has 1 aliphatic carbocycles. The van der Waals surface area contributed by atoms with Crippen LogP contribution in [0.5, 0.6) is 0 Å². The highest BCUT2D eigenvalue weighted by atomic mass is 19.4. The van der Waals surface area contributed by atoms with Crippen LogP contribution in [0.2, 0.25) is 0 Å². The summed E-state index contributed by atoms with van der Waals surface area (Å²) in [6.07, 6.45) is 0.0665. The van der Waals surface area contributed by atoms with Gasteiger partial charge in [-0.15, -0.1) is 0 Å². The number of carbonyl (C=O) groups excluding carboxylic acids is 2. The van der Waals surface area contributed by atoms with Gasteiger partial charge in [-0.2, -0.15) is 13.2 Å². The number of aromatic nitrogens is 1. The Kier molecular flexibility index (Phi) is 7.47. The number of allylic oxidation sites excluding steroid dienone is 3. The Bertz CT molecular complexity index is 861. The maximum absolute atomic E-state index is 12.3. The van der Waals surface area contributed by atoms with Gasteiger partial charge in [0.2, 0.25) is 5.91 Å². The number of alkyl halides is 3. The summed E-state index contributed by atoms with van der Waals surface area (Å²) in [5.41, 5.74) is 6.60. The van der Waals surface area contributed by atoms with Crippen LogP contribution in [0.4, 0.5) is 19.0 Å². The van der Waals surface area contributed by atoms with E-state index in [4.69, 9.17) is 5.73 Å². The molecule has 2 rings (SSSR count). The normalized spacial score (nSPS) is 16.4. The van der Waals surface area contributed by atoms with Crippen LogP contribution in [0.25, 0.3) is 0 Å². The summed E-state index contributed by atoms with van der Waals surface area (Å²) in [6, 6.07) is 2.90. The van der Waals surface area contributed by atoms with Crippen LogP contribution in [0.3, 0.4) is 0 Å². The van der Waals surface area contributed by atoms with E-state index in [-0.39, 0.29) is 23.3 Å². The van der Waals surface area contributed by atoms with E-state index in [1.165, 1.54) is 26.1 Å². The number of carbonyl (C=O) groups is 2. The van der Waals surface area contributed by atoms with Crippen LogP contribution >= 0.6 is 0 Å². The number of pyridine rings is 1. The zero-order valence-corrected chi connectivity index (χ0v) is 17.0. The van der Waals surface area contributed by atoms with Crippen LogP contribution in [-0.4, -0.2) is 29.6 Å². The van der Waals surface area contributed by atoms with Crippen molar-refractivity contribution < 1.29 is 27.5 Å². The van der Waals surface area contributed by atoms with Crippen LogP contribution in [0.15, 0.2) is 41.4 Å². The molecule has 0 bridgehead atoms. The van der Waals surface area contributed by atoms with E-state index < -0.39 is 24.7 Å². The van der Waals surface area contributed by atoms with Gasteiger partial charge in [0.05, 0.1) is 17.5 Å². The van der Waals surface area contributed by atoms with Gasteiger partial charge in [0.15, 0.2) is 6.61 Å². The number of nitrogens with one attached hydrogen (secondary N) is 2. The third kappa shape index (κ3) is 7.41. The summed E-state index contributed by atoms with van der Waals surface area (Å²) in [4.78, 5) is 28.3.